The minimum absolute atomic E-state index is 0.0281. The largest absolute Gasteiger partial charge is 0.334 e. The summed E-state index contributed by atoms with van der Waals surface area (Å²) in [6.07, 6.45) is 1.02. The predicted molar refractivity (Wildman–Crippen MR) is 45.3 cm³/mol. The lowest BCUT2D eigenvalue weighted by atomic mass is 10.1. The van der Waals surface area contributed by atoms with Crippen LogP contribution < -0.4 is 5.56 Å². The number of aldehydes is 1. The molecule has 15 heavy (non-hydrogen) atoms. The first-order valence-corrected chi connectivity index (χ1v) is 4.28. The smallest absolute Gasteiger partial charge is 0.303 e. The van der Waals surface area contributed by atoms with E-state index in [2.05, 4.69) is 0 Å². The number of nitrogens with one attached hydrogen (secondary N) is 1. The van der Waals surface area contributed by atoms with Crippen molar-refractivity contribution in [3.63, 3.8) is 0 Å². The van der Waals surface area contributed by atoms with E-state index in [4.69, 9.17) is 0 Å². The van der Waals surface area contributed by atoms with Gasteiger partial charge in [-0.2, -0.15) is 17.9 Å². The topological polar surface area (TPSA) is 54.9 Å². The summed E-state index contributed by atoms with van der Waals surface area (Å²) in [6, 6.07) is 0. The Hall–Kier alpha value is -1.53. The SMILES string of the molecule is O=CCCCc1c(F)n(C(F)F)[nH]c1=O. The molecule has 0 fully saturated rings. The highest BCUT2D eigenvalue weighted by molar-refractivity contribution is 5.49. The number of carbonyl (C=O) groups excluding carboxylic acids is 1. The quantitative estimate of drug-likeness (QED) is 0.601. The van der Waals surface area contributed by atoms with Gasteiger partial charge in [0.1, 0.15) is 6.29 Å². The normalized spacial score (nSPS) is 10.9. The third-order valence-electron chi connectivity index (χ3n) is 1.90. The second-order valence-corrected chi connectivity index (χ2v) is 2.92. The van der Waals surface area contributed by atoms with Crippen LogP contribution in [0.15, 0.2) is 4.79 Å². The third kappa shape index (κ3) is 2.48. The molecule has 1 rings (SSSR count). The van der Waals surface area contributed by atoms with E-state index in [1.807, 2.05) is 0 Å². The molecule has 1 aromatic rings. The Kier molecular flexibility index (Phi) is 3.70. The van der Waals surface area contributed by atoms with Crippen LogP contribution in [-0.4, -0.2) is 16.1 Å². The van der Waals surface area contributed by atoms with Crippen LogP contribution in [0.5, 0.6) is 0 Å². The third-order valence-corrected chi connectivity index (χ3v) is 1.90. The second-order valence-electron chi connectivity index (χ2n) is 2.92. The Morgan fingerprint density at radius 3 is 2.60 bits per heavy atom. The first kappa shape index (κ1) is 11.5. The summed E-state index contributed by atoms with van der Waals surface area (Å²) in [7, 11) is 0. The van der Waals surface area contributed by atoms with Gasteiger partial charge in [-0.3, -0.25) is 9.89 Å². The molecule has 84 valence electrons. The summed E-state index contributed by atoms with van der Waals surface area (Å²) in [5.74, 6) is -1.26. The maximum absolute atomic E-state index is 13.1. The zero-order valence-electron chi connectivity index (χ0n) is 7.67. The van der Waals surface area contributed by atoms with E-state index in [1.165, 1.54) is 0 Å². The van der Waals surface area contributed by atoms with Gasteiger partial charge in [0.05, 0.1) is 5.56 Å². The monoisotopic (exact) mass is 222 g/mol. The number of halogens is 3. The molecule has 0 amide bonds. The zero-order chi connectivity index (χ0) is 11.4. The number of nitrogens with zero attached hydrogens (tertiary/aromatic N) is 1. The van der Waals surface area contributed by atoms with E-state index < -0.39 is 18.1 Å². The lowest BCUT2D eigenvalue weighted by molar-refractivity contribution is -0.107. The minimum Gasteiger partial charge on any atom is -0.303 e. The first-order valence-electron chi connectivity index (χ1n) is 4.28. The molecule has 0 spiro atoms. The molecule has 0 saturated heterocycles. The van der Waals surface area contributed by atoms with E-state index in [1.54, 1.807) is 5.10 Å². The summed E-state index contributed by atoms with van der Waals surface area (Å²) in [4.78, 5) is 21.0. The van der Waals surface area contributed by atoms with Crippen molar-refractivity contribution < 1.29 is 18.0 Å². The fourth-order valence-electron chi connectivity index (χ4n) is 1.18. The van der Waals surface area contributed by atoms with E-state index >= 15 is 0 Å². The lowest BCUT2D eigenvalue weighted by Gasteiger charge is -1.99. The van der Waals surface area contributed by atoms with Crippen molar-refractivity contribution in [2.24, 2.45) is 0 Å². The van der Waals surface area contributed by atoms with Crippen LogP contribution in [0.3, 0.4) is 0 Å². The Balaban J connectivity index is 2.88. The van der Waals surface area contributed by atoms with Gasteiger partial charge in [0.2, 0.25) is 5.95 Å². The van der Waals surface area contributed by atoms with Gasteiger partial charge in [-0.25, -0.2) is 0 Å². The second kappa shape index (κ2) is 4.81. The Morgan fingerprint density at radius 2 is 2.13 bits per heavy atom. The molecule has 0 atom stereocenters. The Bertz CT molecular complexity index is 397. The molecule has 4 nitrogen and oxygen atoms in total. The Labute approximate surface area is 82.7 Å². The molecule has 1 aromatic heterocycles. The van der Waals surface area contributed by atoms with Crippen molar-refractivity contribution in [1.29, 1.82) is 0 Å². The minimum atomic E-state index is -3.11. The molecule has 0 aliphatic carbocycles. The number of hydrogen-bond acceptors (Lipinski definition) is 2. The highest BCUT2D eigenvalue weighted by Gasteiger charge is 2.19. The van der Waals surface area contributed by atoms with Crippen molar-refractivity contribution >= 4 is 6.29 Å². The molecule has 7 heteroatoms. The van der Waals surface area contributed by atoms with Crippen LogP contribution in [0.25, 0.3) is 0 Å². The van der Waals surface area contributed by atoms with Crippen LogP contribution in [0.1, 0.15) is 25.0 Å². The van der Waals surface area contributed by atoms with Crippen LogP contribution >= 0.6 is 0 Å². The molecular weight excluding hydrogens is 213 g/mol. The molecule has 0 aromatic carbocycles. The van der Waals surface area contributed by atoms with Gasteiger partial charge >= 0.3 is 6.55 Å². The standard InChI is InChI=1S/C8H9F3N2O2/c9-6-5(3-1-2-4-14)7(15)12-13(6)8(10)11/h4,8H,1-3H2,(H,12,15). The van der Waals surface area contributed by atoms with Crippen LogP contribution in [0.4, 0.5) is 13.2 Å². The number of aromatic nitrogens is 2. The van der Waals surface area contributed by atoms with E-state index in [0.717, 1.165) is 0 Å². The Morgan fingerprint density at radius 1 is 1.47 bits per heavy atom. The highest BCUT2D eigenvalue weighted by atomic mass is 19.3. The van der Waals surface area contributed by atoms with Crippen molar-refractivity contribution in [2.75, 3.05) is 0 Å². The molecule has 0 bridgehead atoms. The molecular formula is C8H9F3N2O2. The number of hydrogen-bond donors (Lipinski definition) is 1. The number of aromatic amines is 1. The van der Waals surface area contributed by atoms with E-state index in [-0.39, 0.29) is 29.5 Å². The van der Waals surface area contributed by atoms with E-state index in [0.29, 0.717) is 6.29 Å². The highest BCUT2D eigenvalue weighted by Crippen LogP contribution is 2.13. The van der Waals surface area contributed by atoms with Gasteiger partial charge < -0.3 is 4.79 Å². The number of H-pyrrole nitrogens is 1. The van der Waals surface area contributed by atoms with Gasteiger partial charge in [-0.1, -0.05) is 0 Å². The molecule has 1 N–H and O–H groups in total. The average molecular weight is 222 g/mol. The van der Waals surface area contributed by atoms with Crippen molar-refractivity contribution in [1.82, 2.24) is 9.78 Å². The number of alkyl halides is 2. The van der Waals surface area contributed by atoms with Crippen molar-refractivity contribution in [3.05, 3.63) is 21.9 Å². The van der Waals surface area contributed by atoms with Crippen LogP contribution in [0.2, 0.25) is 0 Å². The number of unbranched alkanes of at least 4 members (excludes halogenated alkanes) is 1. The first-order chi connectivity index (χ1) is 7.07. The fourth-order valence-corrected chi connectivity index (χ4v) is 1.18. The molecule has 1 heterocycles. The van der Waals surface area contributed by atoms with Crippen LogP contribution in [0, 0.1) is 5.95 Å². The number of rotatable bonds is 5. The summed E-state index contributed by atoms with van der Waals surface area (Å²) in [6.45, 7) is -3.11. The fraction of sp³-hybridized carbons (Fsp3) is 0.500. The summed E-state index contributed by atoms with van der Waals surface area (Å²) in [5.41, 5.74) is -1.21. The molecule has 0 unspecified atom stereocenters. The predicted octanol–water partition coefficient (Wildman–Crippen LogP) is 1.23. The molecule has 0 radical (unpaired) electrons. The summed E-state index contributed by atoms with van der Waals surface area (Å²) in [5, 5.41) is 1.69. The molecule has 0 saturated carbocycles. The average Bonchev–Trinajstić information content (AvgIpc) is 2.45. The summed E-state index contributed by atoms with van der Waals surface area (Å²) >= 11 is 0. The van der Waals surface area contributed by atoms with Crippen molar-refractivity contribution in [3.8, 4) is 0 Å². The van der Waals surface area contributed by atoms with Crippen molar-refractivity contribution in [2.45, 2.75) is 25.8 Å². The van der Waals surface area contributed by atoms with Gasteiger partial charge in [0, 0.05) is 6.42 Å². The van der Waals surface area contributed by atoms with Gasteiger partial charge in [-0.05, 0) is 12.8 Å². The number of carbonyl (C=O) groups is 1. The van der Waals surface area contributed by atoms with Gasteiger partial charge in [0.25, 0.3) is 5.56 Å². The summed E-state index contributed by atoms with van der Waals surface area (Å²) < 4.78 is 37.2. The lowest BCUT2D eigenvalue weighted by Crippen LogP contribution is -2.08. The van der Waals surface area contributed by atoms with Crippen LogP contribution in [-0.2, 0) is 11.2 Å². The van der Waals surface area contributed by atoms with E-state index in [9.17, 15) is 22.8 Å². The zero-order valence-corrected chi connectivity index (χ0v) is 7.67. The molecule has 0 aliphatic heterocycles. The maximum Gasteiger partial charge on any atom is 0.334 e. The molecule has 0 aliphatic rings. The van der Waals surface area contributed by atoms with Gasteiger partial charge in [0.15, 0.2) is 0 Å². The van der Waals surface area contributed by atoms with Gasteiger partial charge in [-0.15, -0.1) is 0 Å². The maximum atomic E-state index is 13.1.